The first-order valence-electron chi connectivity index (χ1n) is 5.16. The van der Waals surface area contributed by atoms with Crippen LogP contribution in [-0.4, -0.2) is 34.0 Å². The van der Waals surface area contributed by atoms with Gasteiger partial charge in [0.1, 0.15) is 11.5 Å². The summed E-state index contributed by atoms with van der Waals surface area (Å²) in [5, 5.41) is 0. The minimum absolute atomic E-state index is 0.584. The maximum Gasteiger partial charge on any atom is 0.118 e. The summed E-state index contributed by atoms with van der Waals surface area (Å²) in [5.74, 6) is 1.63. The van der Waals surface area contributed by atoms with Crippen LogP contribution in [0.25, 0.3) is 0 Å². The van der Waals surface area contributed by atoms with Crippen molar-refractivity contribution in [3.05, 3.63) is 29.8 Å². The van der Waals surface area contributed by atoms with Gasteiger partial charge in [-0.25, -0.2) is 0 Å². The average Bonchev–Trinajstić information content (AvgIpc) is 2.25. The molecular formula is C11H16N2OS. The first-order chi connectivity index (χ1) is 7.24. The van der Waals surface area contributed by atoms with Crippen molar-refractivity contribution in [2.75, 3.05) is 30.3 Å². The molecule has 15 heavy (non-hydrogen) atoms. The molecule has 82 valence electrons. The molecule has 0 bridgehead atoms. The van der Waals surface area contributed by atoms with Gasteiger partial charge in [-0.1, -0.05) is 23.3 Å². The molecule has 2 N–H and O–H groups in total. The number of anilines is 1. The fourth-order valence-electron chi connectivity index (χ4n) is 1.72. The number of rotatable bonds is 2. The third-order valence-electron chi connectivity index (χ3n) is 2.66. The first-order valence-corrected chi connectivity index (χ1v) is 6.64. The minimum atomic E-state index is -0.584. The maximum absolute atomic E-state index is 11.2. The molecule has 2 rings (SSSR count). The Labute approximate surface area is 93.4 Å². The van der Waals surface area contributed by atoms with E-state index in [4.69, 9.17) is 5.73 Å². The van der Waals surface area contributed by atoms with Gasteiger partial charge in [0.25, 0.3) is 0 Å². The van der Waals surface area contributed by atoms with Crippen molar-refractivity contribution in [3.63, 3.8) is 0 Å². The largest absolute Gasteiger partial charge is 0.616 e. The van der Waals surface area contributed by atoms with Crippen LogP contribution in [0, 0.1) is 0 Å². The summed E-state index contributed by atoms with van der Waals surface area (Å²) in [6.45, 7) is 2.82. The normalized spacial score (nSPS) is 19.3. The van der Waals surface area contributed by atoms with Crippen LogP contribution in [0.4, 0.5) is 5.69 Å². The number of hydrogen-bond donors (Lipinski definition) is 1. The molecule has 1 aromatic carbocycles. The molecule has 3 nitrogen and oxygen atoms in total. The van der Waals surface area contributed by atoms with E-state index in [0.29, 0.717) is 0 Å². The molecule has 1 aromatic rings. The SMILES string of the molecule is Nc1ccc(CN2CC[S+]([O-])CC2)cc1. The van der Waals surface area contributed by atoms with E-state index in [1.807, 2.05) is 12.1 Å². The predicted molar refractivity (Wildman–Crippen MR) is 64.0 cm³/mol. The lowest BCUT2D eigenvalue weighted by Gasteiger charge is -2.27. The van der Waals surface area contributed by atoms with Crippen molar-refractivity contribution < 1.29 is 4.55 Å². The molecule has 1 aliphatic heterocycles. The van der Waals surface area contributed by atoms with Gasteiger partial charge in [-0.05, 0) is 17.7 Å². The molecule has 0 amide bonds. The zero-order valence-electron chi connectivity index (χ0n) is 8.69. The summed E-state index contributed by atoms with van der Waals surface area (Å²) in [4.78, 5) is 2.34. The standard InChI is InChI=1S/C11H16N2OS/c12-11-3-1-10(2-4-11)9-13-5-7-15(14)8-6-13/h1-4H,5-9,12H2. The summed E-state index contributed by atoms with van der Waals surface area (Å²) in [6, 6.07) is 7.97. The van der Waals surface area contributed by atoms with E-state index in [1.54, 1.807) is 0 Å². The summed E-state index contributed by atoms with van der Waals surface area (Å²) in [6.07, 6.45) is 0. The highest BCUT2D eigenvalue weighted by atomic mass is 32.2. The second-order valence-electron chi connectivity index (χ2n) is 3.87. The minimum Gasteiger partial charge on any atom is -0.616 e. The van der Waals surface area contributed by atoms with Crippen molar-refractivity contribution >= 4 is 16.9 Å². The van der Waals surface area contributed by atoms with Gasteiger partial charge in [0.15, 0.2) is 0 Å². The first kappa shape index (κ1) is 10.8. The van der Waals surface area contributed by atoms with Gasteiger partial charge in [-0.2, -0.15) is 0 Å². The van der Waals surface area contributed by atoms with Crippen LogP contribution in [0.3, 0.4) is 0 Å². The Hall–Kier alpha value is -0.710. The van der Waals surface area contributed by atoms with Crippen LogP contribution in [0.2, 0.25) is 0 Å². The molecule has 0 atom stereocenters. The Balaban J connectivity index is 1.89. The fraction of sp³-hybridized carbons (Fsp3) is 0.455. The number of benzene rings is 1. The van der Waals surface area contributed by atoms with Crippen molar-refractivity contribution in [3.8, 4) is 0 Å². The van der Waals surface area contributed by atoms with Gasteiger partial charge in [0.2, 0.25) is 0 Å². The van der Waals surface area contributed by atoms with E-state index in [0.717, 1.165) is 36.8 Å². The second kappa shape index (κ2) is 4.88. The third-order valence-corrected chi connectivity index (χ3v) is 3.93. The topological polar surface area (TPSA) is 52.3 Å². The highest BCUT2D eigenvalue weighted by molar-refractivity contribution is 7.91. The molecule has 0 aliphatic carbocycles. The Morgan fingerprint density at radius 2 is 1.80 bits per heavy atom. The molecule has 0 saturated carbocycles. The van der Waals surface area contributed by atoms with E-state index in [9.17, 15) is 4.55 Å². The quantitative estimate of drug-likeness (QED) is 0.598. The van der Waals surface area contributed by atoms with Crippen LogP contribution >= 0.6 is 0 Å². The monoisotopic (exact) mass is 224 g/mol. The van der Waals surface area contributed by atoms with E-state index in [-0.39, 0.29) is 0 Å². The number of hydrogen-bond acceptors (Lipinski definition) is 3. The highest BCUT2D eigenvalue weighted by Gasteiger charge is 2.18. The van der Waals surface area contributed by atoms with Crippen molar-refractivity contribution in [2.45, 2.75) is 6.54 Å². The molecule has 0 radical (unpaired) electrons. The van der Waals surface area contributed by atoms with Crippen LogP contribution < -0.4 is 5.73 Å². The van der Waals surface area contributed by atoms with Crippen molar-refractivity contribution in [1.29, 1.82) is 0 Å². The highest BCUT2D eigenvalue weighted by Crippen LogP contribution is 2.11. The summed E-state index contributed by atoms with van der Waals surface area (Å²) >= 11 is -0.584. The lowest BCUT2D eigenvalue weighted by Crippen LogP contribution is -2.39. The van der Waals surface area contributed by atoms with E-state index < -0.39 is 11.2 Å². The molecule has 1 heterocycles. The molecule has 0 aromatic heterocycles. The molecule has 1 aliphatic rings. The molecule has 0 unspecified atom stereocenters. The molecule has 0 spiro atoms. The van der Waals surface area contributed by atoms with E-state index in [2.05, 4.69) is 17.0 Å². The van der Waals surface area contributed by atoms with Crippen molar-refractivity contribution in [1.82, 2.24) is 4.90 Å². The average molecular weight is 224 g/mol. The van der Waals surface area contributed by atoms with E-state index >= 15 is 0 Å². The fourth-order valence-corrected chi connectivity index (χ4v) is 2.84. The Morgan fingerprint density at radius 3 is 2.40 bits per heavy atom. The summed E-state index contributed by atoms with van der Waals surface area (Å²) in [7, 11) is 0. The van der Waals surface area contributed by atoms with Gasteiger partial charge >= 0.3 is 0 Å². The number of nitrogens with zero attached hydrogens (tertiary/aromatic N) is 1. The number of nitrogen functional groups attached to an aromatic ring is 1. The van der Waals surface area contributed by atoms with Crippen LogP contribution in [-0.2, 0) is 17.7 Å². The van der Waals surface area contributed by atoms with E-state index in [1.165, 1.54) is 5.56 Å². The smallest absolute Gasteiger partial charge is 0.118 e. The third kappa shape index (κ3) is 3.12. The predicted octanol–water partition coefficient (Wildman–Crippen LogP) is 0.833. The zero-order chi connectivity index (χ0) is 10.7. The van der Waals surface area contributed by atoms with Gasteiger partial charge in [0.05, 0.1) is 0 Å². The Kier molecular flexibility index (Phi) is 3.51. The van der Waals surface area contributed by atoms with Gasteiger partial charge in [-0.3, -0.25) is 4.90 Å². The Bertz CT molecular complexity index is 307. The molecule has 4 heteroatoms. The van der Waals surface area contributed by atoms with Crippen molar-refractivity contribution in [2.24, 2.45) is 0 Å². The maximum atomic E-state index is 11.2. The van der Waals surface area contributed by atoms with Crippen LogP contribution in [0.1, 0.15) is 5.56 Å². The van der Waals surface area contributed by atoms with Crippen LogP contribution in [0.5, 0.6) is 0 Å². The van der Waals surface area contributed by atoms with Gasteiger partial charge < -0.3 is 10.3 Å². The molecular weight excluding hydrogens is 208 g/mol. The molecule has 1 saturated heterocycles. The van der Waals surface area contributed by atoms with Crippen LogP contribution in [0.15, 0.2) is 24.3 Å². The second-order valence-corrected chi connectivity index (χ2v) is 5.56. The Morgan fingerprint density at radius 1 is 1.20 bits per heavy atom. The zero-order valence-corrected chi connectivity index (χ0v) is 9.50. The summed E-state index contributed by atoms with van der Waals surface area (Å²) < 4.78 is 11.2. The van der Waals surface area contributed by atoms with Gasteiger partial charge in [-0.15, -0.1) is 0 Å². The summed E-state index contributed by atoms with van der Waals surface area (Å²) in [5.41, 5.74) is 7.70. The molecule has 1 fully saturated rings. The lowest BCUT2D eigenvalue weighted by molar-refractivity contribution is 0.287. The van der Waals surface area contributed by atoms with Gasteiger partial charge in [0, 0.05) is 25.3 Å². The number of nitrogens with two attached hydrogens (primary N) is 1. The lowest BCUT2D eigenvalue weighted by atomic mass is 10.2.